The number of fused-ring (bicyclic) bond motifs is 3. The fraction of sp³-hybridized carbons (Fsp3) is 0.500. The molecular formula is C78H101ClN6O18. The van der Waals surface area contributed by atoms with Gasteiger partial charge in [0.2, 0.25) is 0 Å². The fourth-order valence-corrected chi connectivity index (χ4v) is 12.3. The van der Waals surface area contributed by atoms with E-state index in [-0.39, 0.29) is 139 Å². The first-order valence-corrected chi connectivity index (χ1v) is 36.4. The predicted octanol–water partition coefficient (Wildman–Crippen LogP) is 13.0. The molecule has 0 saturated carbocycles. The number of likely N-dealkylation sites (tertiary alicyclic amines) is 3. The number of aromatic hydroxyl groups is 6. The van der Waals surface area contributed by atoms with Crippen LogP contribution in [0.15, 0.2) is 119 Å². The van der Waals surface area contributed by atoms with E-state index >= 15 is 0 Å². The van der Waals surface area contributed by atoms with Gasteiger partial charge < -0.3 is 74.1 Å². The molecule has 6 aliphatic heterocycles. The number of rotatable bonds is 9. The highest BCUT2D eigenvalue weighted by atomic mass is 35.5. The van der Waals surface area contributed by atoms with Crippen molar-refractivity contribution >= 4 is 64.4 Å². The second kappa shape index (κ2) is 43.4. The van der Waals surface area contributed by atoms with Gasteiger partial charge in [0.15, 0.2) is 19.8 Å². The molecular weight excluding hydrogens is 1340 g/mol. The molecule has 0 spiro atoms. The monoisotopic (exact) mass is 1440 g/mol. The second-order valence-corrected chi connectivity index (χ2v) is 26.8. The summed E-state index contributed by atoms with van der Waals surface area (Å²) in [6, 6.07) is 6.04. The SMILES string of the molecule is CC1/C=C/CCCOC(=O)c2c(O)cc(O)c(Cl)c2CC(=N/OCC(=O)N2CCCCC2)/C=C/C1.CC1/C=C/CCCOC(=O)c2c(O)cc(O)cc2CC(=N/OCC(=O)N2CCCCC2)/C=C/C1.CC1/C=C/CCCOC(=O)c2c(O)cc(O)cc2CC(=N\OCC(=O)N2CCCCC2)/C=C/C1. The van der Waals surface area contributed by atoms with E-state index in [0.717, 1.165) is 141 Å². The Morgan fingerprint density at radius 1 is 0.427 bits per heavy atom. The van der Waals surface area contributed by atoms with Crippen molar-refractivity contribution in [3.63, 3.8) is 0 Å². The lowest BCUT2D eigenvalue weighted by Gasteiger charge is -2.26. The van der Waals surface area contributed by atoms with Gasteiger partial charge in [0.25, 0.3) is 17.7 Å². The van der Waals surface area contributed by atoms with Crippen LogP contribution in [0.4, 0.5) is 0 Å². The Hall–Kier alpha value is -9.58. The van der Waals surface area contributed by atoms with Crippen LogP contribution in [0, 0.1) is 17.8 Å². The van der Waals surface area contributed by atoms with Crippen LogP contribution in [0.1, 0.15) is 184 Å². The van der Waals surface area contributed by atoms with Gasteiger partial charge in [-0.3, -0.25) is 14.4 Å². The predicted molar refractivity (Wildman–Crippen MR) is 392 cm³/mol. The number of phenolic OH excluding ortho intramolecular Hbond substituents is 6. The molecule has 3 aromatic carbocycles. The molecule has 0 aliphatic carbocycles. The zero-order chi connectivity index (χ0) is 73.9. The molecule has 3 fully saturated rings. The van der Waals surface area contributed by atoms with Crippen molar-refractivity contribution in [2.24, 2.45) is 33.2 Å². The van der Waals surface area contributed by atoms with Gasteiger partial charge >= 0.3 is 17.9 Å². The average molecular weight is 1450 g/mol. The summed E-state index contributed by atoms with van der Waals surface area (Å²) in [7, 11) is 0. The van der Waals surface area contributed by atoms with Crippen LogP contribution in [0.25, 0.3) is 0 Å². The topological polar surface area (TPSA) is 326 Å². The molecule has 0 bridgehead atoms. The largest absolute Gasteiger partial charge is 0.508 e. The minimum Gasteiger partial charge on any atom is -0.508 e. The Labute approximate surface area is 608 Å². The Morgan fingerprint density at radius 3 is 1.10 bits per heavy atom. The number of phenols is 6. The number of carbonyl (C=O) groups excluding carboxylic acids is 6. The van der Waals surface area contributed by atoms with Crippen LogP contribution in [-0.2, 0) is 62.4 Å². The van der Waals surface area contributed by atoms with Crippen molar-refractivity contribution in [2.75, 3.05) is 78.9 Å². The van der Waals surface area contributed by atoms with Gasteiger partial charge in [0, 0.05) is 76.7 Å². The lowest BCUT2D eigenvalue weighted by atomic mass is 9.99. The molecule has 6 N–H and O–H groups in total. The van der Waals surface area contributed by atoms with Crippen molar-refractivity contribution < 1.29 is 88.1 Å². The maximum absolute atomic E-state index is 12.8. The summed E-state index contributed by atoms with van der Waals surface area (Å²) in [4.78, 5) is 96.9. The van der Waals surface area contributed by atoms with Crippen LogP contribution >= 0.6 is 11.6 Å². The van der Waals surface area contributed by atoms with Gasteiger partial charge in [-0.2, -0.15) is 0 Å². The highest BCUT2D eigenvalue weighted by Gasteiger charge is 2.27. The molecule has 3 unspecified atom stereocenters. The number of hydrogen-bond acceptors (Lipinski definition) is 21. The third-order valence-corrected chi connectivity index (χ3v) is 18.2. The van der Waals surface area contributed by atoms with E-state index in [2.05, 4.69) is 72.7 Å². The van der Waals surface area contributed by atoms with Crippen molar-refractivity contribution in [3.8, 4) is 34.5 Å². The van der Waals surface area contributed by atoms with Gasteiger partial charge in [-0.25, -0.2) is 14.4 Å². The smallest absolute Gasteiger partial charge is 0.342 e. The minimum atomic E-state index is -0.740. The van der Waals surface area contributed by atoms with E-state index in [0.29, 0.717) is 72.4 Å². The number of nitrogens with zero attached hydrogens (tertiary/aromatic N) is 6. The van der Waals surface area contributed by atoms with Crippen molar-refractivity contribution in [1.29, 1.82) is 0 Å². The first-order chi connectivity index (χ1) is 49.7. The molecule has 9 rings (SSSR count). The van der Waals surface area contributed by atoms with Gasteiger partial charge in [0.05, 0.1) is 42.0 Å². The molecule has 25 heteroatoms. The third-order valence-electron chi connectivity index (χ3n) is 17.7. The molecule has 103 heavy (non-hydrogen) atoms. The molecule has 0 aromatic heterocycles. The van der Waals surface area contributed by atoms with Crippen LogP contribution < -0.4 is 0 Å². The molecule has 558 valence electrons. The number of oxime groups is 3. The summed E-state index contributed by atoms with van der Waals surface area (Å²) in [5.41, 5.74) is 2.03. The Kier molecular flexibility index (Phi) is 34.0. The molecule has 0 radical (unpaired) electrons. The van der Waals surface area contributed by atoms with E-state index in [9.17, 15) is 59.4 Å². The standard InChI is InChI=1S/C26H33ClN2O6.2C26H34N2O6/c1-18-9-4-2-7-14-34-26(33)24-20(25(27)22(31)16-21(24)30)15-19(11-8-10-18)28-35-17-23(32)29-12-5-3-6-13-29;2*1-19-9-4-2-7-14-33-26(32)25-20(16-22(29)17-23(25)30)15-21(11-8-10-19)27-34-18-24(31)28-12-5-3-6-13-28/h4,8-9,11,16,18,30-31H,2-3,5-7,10,12-15,17H2,1H3;2*4,8-9,11,16-17,19,29-30H,2-3,5-7,10,12-15,18H2,1H3/b9-4+,11-8+,28-19+;9-4+,11-8+,27-21+;9-4+,11-8+,27-21-. The Morgan fingerprint density at radius 2 is 0.748 bits per heavy atom. The average Bonchev–Trinajstić information content (AvgIpc) is 0.908. The van der Waals surface area contributed by atoms with E-state index in [1.165, 1.54) is 12.1 Å². The zero-order valence-electron chi connectivity index (χ0n) is 59.5. The van der Waals surface area contributed by atoms with Crippen LogP contribution in [0.5, 0.6) is 34.5 Å². The van der Waals surface area contributed by atoms with Gasteiger partial charge in [0.1, 0.15) is 51.2 Å². The highest BCUT2D eigenvalue weighted by Crippen LogP contribution is 2.38. The molecule has 3 aromatic rings. The Bertz CT molecular complexity index is 3480. The second-order valence-electron chi connectivity index (χ2n) is 26.5. The summed E-state index contributed by atoms with van der Waals surface area (Å²) in [6.07, 6.45) is 39.8. The summed E-state index contributed by atoms with van der Waals surface area (Å²) in [6.45, 7) is 10.7. The maximum Gasteiger partial charge on any atom is 0.342 e. The van der Waals surface area contributed by atoms with Crippen molar-refractivity contribution in [3.05, 3.63) is 142 Å². The van der Waals surface area contributed by atoms with Crippen molar-refractivity contribution in [2.45, 2.75) is 156 Å². The lowest BCUT2D eigenvalue weighted by Crippen LogP contribution is -2.37. The van der Waals surface area contributed by atoms with E-state index in [1.54, 1.807) is 32.9 Å². The Balaban J connectivity index is 0.000000216. The minimum absolute atomic E-state index is 0.0120. The summed E-state index contributed by atoms with van der Waals surface area (Å²) >= 11 is 6.34. The number of allylic oxidation sites excluding steroid dienone is 12. The number of halogens is 1. The quantitative estimate of drug-likeness (QED) is 0.0502. The highest BCUT2D eigenvalue weighted by molar-refractivity contribution is 6.33. The first kappa shape index (κ1) is 80.7. The maximum atomic E-state index is 12.8. The number of cyclic esters (lactones) is 3. The van der Waals surface area contributed by atoms with Crippen LogP contribution in [0.3, 0.4) is 0 Å². The number of ether oxygens (including phenoxy) is 3. The number of carbonyl (C=O) groups is 6. The molecule has 3 saturated heterocycles. The lowest BCUT2D eigenvalue weighted by molar-refractivity contribution is -0.137. The van der Waals surface area contributed by atoms with Crippen molar-refractivity contribution in [1.82, 2.24) is 14.7 Å². The van der Waals surface area contributed by atoms with E-state index < -0.39 is 23.7 Å². The van der Waals surface area contributed by atoms with Gasteiger partial charge in [-0.1, -0.05) is 103 Å². The molecule has 6 heterocycles. The summed E-state index contributed by atoms with van der Waals surface area (Å²) in [5.74, 6) is -3.38. The van der Waals surface area contributed by atoms with Gasteiger partial charge in [-0.15, -0.1) is 0 Å². The normalized spacial score (nSPS) is 23.1. The zero-order valence-corrected chi connectivity index (χ0v) is 60.3. The fourth-order valence-electron chi connectivity index (χ4n) is 12.1. The van der Waals surface area contributed by atoms with E-state index in [1.807, 2.05) is 18.2 Å². The van der Waals surface area contributed by atoms with Crippen LogP contribution in [-0.4, -0.2) is 177 Å². The molecule has 6 aliphatic rings. The van der Waals surface area contributed by atoms with E-state index in [4.69, 9.17) is 40.3 Å². The summed E-state index contributed by atoms with van der Waals surface area (Å²) < 4.78 is 16.1. The first-order valence-electron chi connectivity index (χ1n) is 36.0. The number of esters is 3. The number of hydrogen-bond donors (Lipinski definition) is 6. The molecule has 3 amide bonds. The molecule has 24 nitrogen and oxygen atoms in total. The number of amides is 3. The molecule has 3 atom stereocenters. The van der Waals surface area contributed by atoms with Crippen LogP contribution in [0.2, 0.25) is 5.02 Å². The van der Waals surface area contributed by atoms with Gasteiger partial charge in [-0.05, 0) is 180 Å². The number of piperidine rings is 3. The summed E-state index contributed by atoms with van der Waals surface area (Å²) in [5, 5.41) is 73.7. The third kappa shape index (κ3) is 27.6. The number of benzene rings is 3.